The SMILES string of the molecule is COC(=O)c1c(C(=O)NCc2ccncc2)n(Cc2cccc(C(N)=S)c2)c2ccccc12. The van der Waals surface area contributed by atoms with Gasteiger partial charge in [0.05, 0.1) is 12.7 Å². The van der Waals surface area contributed by atoms with Gasteiger partial charge in [0.25, 0.3) is 5.91 Å². The standard InChI is InChI=1S/C25H22N4O3S/c1-32-25(31)21-19-7-2-3-8-20(19)29(15-17-5-4-6-18(13-17)23(26)33)22(21)24(30)28-14-16-9-11-27-12-10-16/h2-13H,14-15H2,1H3,(H2,26,33)(H,28,30). The van der Waals surface area contributed by atoms with Crippen molar-refractivity contribution in [3.8, 4) is 0 Å². The largest absolute Gasteiger partial charge is 0.465 e. The molecule has 1 amide bonds. The van der Waals surface area contributed by atoms with Crippen molar-refractivity contribution in [1.82, 2.24) is 14.9 Å². The average molecular weight is 459 g/mol. The van der Waals surface area contributed by atoms with E-state index in [4.69, 9.17) is 22.7 Å². The van der Waals surface area contributed by atoms with Crippen LogP contribution < -0.4 is 11.1 Å². The van der Waals surface area contributed by atoms with Gasteiger partial charge in [-0.25, -0.2) is 4.79 Å². The summed E-state index contributed by atoms with van der Waals surface area (Å²) in [7, 11) is 1.30. The minimum absolute atomic E-state index is 0.228. The van der Waals surface area contributed by atoms with Crippen molar-refractivity contribution >= 4 is 40.0 Å². The third-order valence-electron chi connectivity index (χ3n) is 5.33. The molecule has 4 rings (SSSR count). The van der Waals surface area contributed by atoms with Crippen molar-refractivity contribution in [2.45, 2.75) is 13.1 Å². The molecule has 7 nitrogen and oxygen atoms in total. The van der Waals surface area contributed by atoms with Crippen molar-refractivity contribution in [3.05, 3.63) is 101 Å². The molecule has 0 saturated carbocycles. The first-order chi connectivity index (χ1) is 16.0. The van der Waals surface area contributed by atoms with Gasteiger partial charge in [-0.15, -0.1) is 0 Å². The highest BCUT2D eigenvalue weighted by molar-refractivity contribution is 7.80. The number of rotatable bonds is 7. The fraction of sp³-hybridized carbons (Fsp3) is 0.120. The normalized spacial score (nSPS) is 10.7. The number of nitrogens with one attached hydrogen (secondary N) is 1. The Kier molecular flexibility index (Phi) is 6.46. The van der Waals surface area contributed by atoms with Crippen molar-refractivity contribution in [2.24, 2.45) is 5.73 Å². The monoisotopic (exact) mass is 458 g/mol. The predicted octanol–water partition coefficient (Wildman–Crippen LogP) is 3.44. The number of carbonyl (C=O) groups excluding carboxylic acids is 2. The van der Waals surface area contributed by atoms with Crippen molar-refractivity contribution in [3.63, 3.8) is 0 Å². The molecule has 0 aliphatic carbocycles. The first-order valence-corrected chi connectivity index (χ1v) is 10.7. The number of nitrogens with two attached hydrogens (primary N) is 1. The maximum Gasteiger partial charge on any atom is 0.340 e. The number of pyridine rings is 1. The Bertz CT molecular complexity index is 1350. The number of carbonyl (C=O) groups is 2. The van der Waals surface area contributed by atoms with Crippen LogP contribution in [0.5, 0.6) is 0 Å². The summed E-state index contributed by atoms with van der Waals surface area (Å²) in [5, 5.41) is 3.56. The van der Waals surface area contributed by atoms with Gasteiger partial charge in [0.1, 0.15) is 10.7 Å². The maximum absolute atomic E-state index is 13.4. The number of fused-ring (bicyclic) bond motifs is 1. The summed E-state index contributed by atoms with van der Waals surface area (Å²) in [6.45, 7) is 0.631. The number of benzene rings is 2. The minimum Gasteiger partial charge on any atom is -0.465 e. The first kappa shape index (κ1) is 22.2. The van der Waals surface area contributed by atoms with Crippen LogP contribution in [0.15, 0.2) is 73.1 Å². The molecule has 0 fully saturated rings. The fourth-order valence-electron chi connectivity index (χ4n) is 3.78. The zero-order chi connectivity index (χ0) is 23.4. The van der Waals surface area contributed by atoms with Crippen LogP contribution in [0.2, 0.25) is 0 Å². The van der Waals surface area contributed by atoms with E-state index in [0.717, 1.165) is 22.2 Å². The number of para-hydroxylation sites is 1. The highest BCUT2D eigenvalue weighted by Gasteiger charge is 2.27. The highest BCUT2D eigenvalue weighted by atomic mass is 32.1. The summed E-state index contributed by atoms with van der Waals surface area (Å²) in [4.78, 5) is 30.5. The topological polar surface area (TPSA) is 99.2 Å². The second-order valence-corrected chi connectivity index (χ2v) is 7.86. The highest BCUT2D eigenvalue weighted by Crippen LogP contribution is 2.28. The molecule has 0 unspecified atom stereocenters. The lowest BCUT2D eigenvalue weighted by Gasteiger charge is -2.13. The van der Waals surface area contributed by atoms with Crippen LogP contribution in [0.25, 0.3) is 10.9 Å². The van der Waals surface area contributed by atoms with Gasteiger partial charge in [-0.05, 0) is 35.4 Å². The number of nitrogens with zero attached hydrogens (tertiary/aromatic N) is 2. The van der Waals surface area contributed by atoms with Crippen molar-refractivity contribution in [2.75, 3.05) is 7.11 Å². The summed E-state index contributed by atoms with van der Waals surface area (Å²) in [6, 6.07) is 18.5. The molecule has 0 bridgehead atoms. The number of amides is 1. The molecule has 166 valence electrons. The second kappa shape index (κ2) is 9.62. The predicted molar refractivity (Wildman–Crippen MR) is 130 cm³/mol. The van der Waals surface area contributed by atoms with Crippen molar-refractivity contribution in [1.29, 1.82) is 0 Å². The summed E-state index contributed by atoms with van der Waals surface area (Å²) in [5.74, 6) is -0.954. The molecule has 0 atom stereocenters. The molecule has 0 saturated heterocycles. The van der Waals surface area contributed by atoms with E-state index in [1.165, 1.54) is 7.11 Å². The van der Waals surface area contributed by atoms with E-state index in [-0.39, 0.29) is 17.2 Å². The second-order valence-electron chi connectivity index (χ2n) is 7.42. The van der Waals surface area contributed by atoms with Gasteiger partial charge < -0.3 is 20.4 Å². The van der Waals surface area contributed by atoms with Gasteiger partial charge in [0, 0.05) is 41.9 Å². The molecule has 2 aromatic heterocycles. The Balaban J connectivity index is 1.82. The number of aromatic nitrogens is 2. The molecule has 0 radical (unpaired) electrons. The molecular formula is C25H22N4O3S. The first-order valence-electron chi connectivity index (χ1n) is 10.2. The molecule has 0 aliphatic rings. The zero-order valence-corrected chi connectivity index (χ0v) is 18.8. The minimum atomic E-state index is -0.573. The van der Waals surface area contributed by atoms with Gasteiger partial charge in [-0.3, -0.25) is 9.78 Å². The van der Waals surface area contributed by atoms with E-state index in [1.807, 2.05) is 65.2 Å². The molecular weight excluding hydrogens is 436 g/mol. The number of hydrogen-bond donors (Lipinski definition) is 2. The van der Waals surface area contributed by atoms with Gasteiger partial charge in [0.2, 0.25) is 0 Å². The Labute approximate surface area is 196 Å². The number of hydrogen-bond acceptors (Lipinski definition) is 5. The molecule has 0 spiro atoms. The van der Waals surface area contributed by atoms with E-state index >= 15 is 0 Å². The number of esters is 1. The van der Waals surface area contributed by atoms with E-state index in [2.05, 4.69) is 10.3 Å². The Morgan fingerprint density at radius 1 is 1.06 bits per heavy atom. The van der Waals surface area contributed by atoms with Crippen LogP contribution in [0.4, 0.5) is 0 Å². The molecule has 2 aromatic carbocycles. The maximum atomic E-state index is 13.4. The Morgan fingerprint density at radius 3 is 2.55 bits per heavy atom. The number of ether oxygens (including phenoxy) is 1. The average Bonchev–Trinajstić information content (AvgIpc) is 3.17. The third kappa shape index (κ3) is 4.61. The van der Waals surface area contributed by atoms with E-state index in [9.17, 15) is 9.59 Å². The van der Waals surface area contributed by atoms with Crippen LogP contribution >= 0.6 is 12.2 Å². The Morgan fingerprint density at radius 2 is 1.82 bits per heavy atom. The molecule has 4 aromatic rings. The van der Waals surface area contributed by atoms with Crippen LogP contribution in [0, 0.1) is 0 Å². The van der Waals surface area contributed by atoms with Crippen LogP contribution in [0.3, 0.4) is 0 Å². The molecule has 2 heterocycles. The number of thiocarbonyl (C=S) groups is 1. The summed E-state index contributed by atoms with van der Waals surface area (Å²) in [6.07, 6.45) is 3.32. The van der Waals surface area contributed by atoms with Crippen LogP contribution in [0.1, 0.15) is 37.5 Å². The third-order valence-corrected chi connectivity index (χ3v) is 5.57. The van der Waals surface area contributed by atoms with E-state index in [0.29, 0.717) is 23.5 Å². The summed E-state index contributed by atoms with van der Waals surface area (Å²) in [5.41, 5.74) is 9.52. The van der Waals surface area contributed by atoms with Gasteiger partial charge in [-0.1, -0.05) is 48.6 Å². The van der Waals surface area contributed by atoms with Gasteiger partial charge >= 0.3 is 5.97 Å². The molecule has 8 heteroatoms. The molecule has 3 N–H and O–H groups in total. The quantitative estimate of drug-likeness (QED) is 0.325. The van der Waals surface area contributed by atoms with Crippen LogP contribution in [-0.2, 0) is 17.8 Å². The lowest BCUT2D eigenvalue weighted by Crippen LogP contribution is -2.28. The lowest BCUT2D eigenvalue weighted by atomic mass is 10.1. The zero-order valence-electron chi connectivity index (χ0n) is 17.9. The number of methoxy groups -OCH3 is 1. The van der Waals surface area contributed by atoms with Crippen LogP contribution in [-0.4, -0.2) is 33.5 Å². The van der Waals surface area contributed by atoms with Gasteiger partial charge in [0.15, 0.2) is 0 Å². The Hall–Kier alpha value is -4.04. The fourth-order valence-corrected chi connectivity index (χ4v) is 3.91. The molecule has 0 aliphatic heterocycles. The van der Waals surface area contributed by atoms with Gasteiger partial charge in [-0.2, -0.15) is 0 Å². The van der Waals surface area contributed by atoms with Crippen molar-refractivity contribution < 1.29 is 14.3 Å². The van der Waals surface area contributed by atoms with E-state index < -0.39 is 5.97 Å². The molecule has 33 heavy (non-hydrogen) atoms. The lowest BCUT2D eigenvalue weighted by molar-refractivity contribution is 0.0598. The van der Waals surface area contributed by atoms with E-state index in [1.54, 1.807) is 12.4 Å². The summed E-state index contributed by atoms with van der Waals surface area (Å²) >= 11 is 5.11. The summed E-state index contributed by atoms with van der Waals surface area (Å²) < 4.78 is 6.86. The smallest absolute Gasteiger partial charge is 0.340 e.